The summed E-state index contributed by atoms with van der Waals surface area (Å²) < 4.78 is 37.9. The second-order valence-corrected chi connectivity index (χ2v) is 6.16. The second-order valence-electron chi connectivity index (χ2n) is 6.16. The predicted octanol–water partition coefficient (Wildman–Crippen LogP) is 2.32. The maximum absolute atomic E-state index is 12.6. The largest absolute Gasteiger partial charge is 0.416 e. The summed E-state index contributed by atoms with van der Waals surface area (Å²) in [7, 11) is 0. The fraction of sp³-hybridized carbons (Fsp3) is 0.500. The first-order valence-electron chi connectivity index (χ1n) is 7.43. The van der Waals surface area contributed by atoms with Crippen LogP contribution in [0.2, 0.25) is 0 Å². The van der Waals surface area contributed by atoms with Gasteiger partial charge in [-0.3, -0.25) is 9.59 Å². The number of hydrogen-bond acceptors (Lipinski definition) is 3. The van der Waals surface area contributed by atoms with Crippen LogP contribution in [0.5, 0.6) is 0 Å². The van der Waals surface area contributed by atoms with Crippen molar-refractivity contribution < 1.29 is 27.9 Å². The number of amides is 1. The van der Waals surface area contributed by atoms with Gasteiger partial charge >= 0.3 is 6.18 Å². The van der Waals surface area contributed by atoms with Crippen molar-refractivity contribution in [1.82, 2.24) is 4.90 Å². The minimum absolute atomic E-state index is 0.0363. The molecule has 2 atom stereocenters. The number of Topliss-reactive ketones (excluding diaryl/α,β-unsaturated/α-hetero) is 1. The van der Waals surface area contributed by atoms with E-state index < -0.39 is 23.9 Å². The summed E-state index contributed by atoms with van der Waals surface area (Å²) in [4.78, 5) is 25.0. The lowest BCUT2D eigenvalue weighted by Gasteiger charge is -2.32. The summed E-state index contributed by atoms with van der Waals surface area (Å²) >= 11 is 0. The van der Waals surface area contributed by atoms with E-state index >= 15 is 0 Å². The molecular formula is C16H16F3NO3. The molecule has 1 aromatic rings. The Morgan fingerprint density at radius 1 is 1.17 bits per heavy atom. The number of ketones is 1. The Balaban J connectivity index is 1.79. The van der Waals surface area contributed by atoms with Crippen LogP contribution in [-0.4, -0.2) is 34.3 Å². The van der Waals surface area contributed by atoms with E-state index in [1.54, 1.807) is 0 Å². The number of carbonyl (C=O) groups excluding carboxylic acids is 2. The zero-order valence-electron chi connectivity index (χ0n) is 12.2. The lowest BCUT2D eigenvalue weighted by Crippen LogP contribution is -2.42. The fourth-order valence-corrected chi connectivity index (χ4v) is 3.17. The minimum Gasteiger partial charge on any atom is -0.391 e. The van der Waals surface area contributed by atoms with Gasteiger partial charge in [0.25, 0.3) is 0 Å². The summed E-state index contributed by atoms with van der Waals surface area (Å²) in [5.41, 5.74) is -0.184. The van der Waals surface area contributed by atoms with Crippen LogP contribution in [0.25, 0.3) is 0 Å². The summed E-state index contributed by atoms with van der Waals surface area (Å²) in [6.07, 6.45) is -4.40. The highest BCUT2D eigenvalue weighted by atomic mass is 19.4. The quantitative estimate of drug-likeness (QED) is 0.907. The molecule has 0 radical (unpaired) electrons. The van der Waals surface area contributed by atoms with Crippen LogP contribution in [0, 0.1) is 5.92 Å². The van der Waals surface area contributed by atoms with Gasteiger partial charge in [-0.25, -0.2) is 0 Å². The summed E-state index contributed by atoms with van der Waals surface area (Å²) in [6.45, 7) is 0.148. The third kappa shape index (κ3) is 3.10. The molecule has 0 spiro atoms. The Kier molecular flexibility index (Phi) is 3.91. The van der Waals surface area contributed by atoms with Crippen LogP contribution in [0.3, 0.4) is 0 Å². The smallest absolute Gasteiger partial charge is 0.391 e. The topological polar surface area (TPSA) is 57.6 Å². The van der Waals surface area contributed by atoms with Crippen LogP contribution in [0.4, 0.5) is 13.2 Å². The molecule has 1 amide bonds. The Labute approximate surface area is 130 Å². The number of rotatable bonds is 2. The average Bonchev–Trinajstić information content (AvgIpc) is 2.84. The number of alkyl halides is 3. The highest BCUT2D eigenvalue weighted by Crippen LogP contribution is 2.37. The van der Waals surface area contributed by atoms with Crippen molar-refractivity contribution in [2.45, 2.75) is 37.6 Å². The van der Waals surface area contributed by atoms with Crippen molar-refractivity contribution in [3.05, 3.63) is 35.4 Å². The first-order chi connectivity index (χ1) is 10.8. The van der Waals surface area contributed by atoms with Crippen LogP contribution in [0.15, 0.2) is 24.3 Å². The van der Waals surface area contributed by atoms with Crippen molar-refractivity contribution in [3.8, 4) is 0 Å². The third-order valence-electron chi connectivity index (χ3n) is 4.48. The number of halogens is 3. The molecule has 1 aromatic carbocycles. The Bertz CT molecular complexity index is 618. The molecule has 2 aliphatic rings. The molecule has 2 unspecified atom stereocenters. The van der Waals surface area contributed by atoms with E-state index in [0.717, 1.165) is 12.1 Å². The van der Waals surface area contributed by atoms with Crippen LogP contribution in [0.1, 0.15) is 36.4 Å². The summed E-state index contributed by atoms with van der Waals surface area (Å²) in [6, 6.07) is 4.20. The molecule has 1 N–H and O–H groups in total. The van der Waals surface area contributed by atoms with E-state index in [-0.39, 0.29) is 43.4 Å². The van der Waals surface area contributed by atoms with Gasteiger partial charge in [0.2, 0.25) is 5.91 Å². The van der Waals surface area contributed by atoms with E-state index in [1.807, 2.05) is 0 Å². The maximum atomic E-state index is 12.6. The van der Waals surface area contributed by atoms with Crippen molar-refractivity contribution in [2.24, 2.45) is 5.92 Å². The van der Waals surface area contributed by atoms with Gasteiger partial charge in [-0.1, -0.05) is 12.1 Å². The van der Waals surface area contributed by atoms with Gasteiger partial charge in [0.05, 0.1) is 23.6 Å². The van der Waals surface area contributed by atoms with E-state index in [2.05, 4.69) is 0 Å². The van der Waals surface area contributed by atoms with Gasteiger partial charge in [-0.15, -0.1) is 0 Å². The lowest BCUT2D eigenvalue weighted by atomic mass is 9.82. The van der Waals surface area contributed by atoms with Crippen LogP contribution in [-0.2, 0) is 15.8 Å². The lowest BCUT2D eigenvalue weighted by molar-refractivity contribution is -0.146. The predicted molar refractivity (Wildman–Crippen MR) is 74.3 cm³/mol. The number of aliphatic hydroxyl groups excluding tert-OH is 1. The van der Waals surface area contributed by atoms with Crippen LogP contribution >= 0.6 is 0 Å². The van der Waals surface area contributed by atoms with Crippen molar-refractivity contribution in [3.63, 3.8) is 0 Å². The molecule has 4 nitrogen and oxygen atoms in total. The Morgan fingerprint density at radius 3 is 2.30 bits per heavy atom. The molecule has 1 saturated heterocycles. The SMILES string of the molecule is O=C1CC(C(=O)N2CC(O)CC2c2ccc(C(F)(F)F)cc2)C1. The van der Waals surface area contributed by atoms with Gasteiger partial charge in [0.15, 0.2) is 0 Å². The summed E-state index contributed by atoms with van der Waals surface area (Å²) in [5, 5.41) is 9.85. The first kappa shape index (κ1) is 16.0. The molecule has 0 bridgehead atoms. The number of β-amino-alcohol motifs (C(OH)–C–C–N with tert-alkyl or cyclic N) is 1. The molecule has 0 aromatic heterocycles. The fourth-order valence-electron chi connectivity index (χ4n) is 3.17. The summed E-state index contributed by atoms with van der Waals surface area (Å²) in [5.74, 6) is -0.523. The molecule has 1 heterocycles. The molecule has 2 fully saturated rings. The number of hydrogen-bond donors (Lipinski definition) is 1. The first-order valence-corrected chi connectivity index (χ1v) is 7.43. The van der Waals surface area contributed by atoms with Crippen molar-refractivity contribution in [2.75, 3.05) is 6.54 Å². The molecule has 124 valence electrons. The zero-order valence-corrected chi connectivity index (χ0v) is 12.2. The maximum Gasteiger partial charge on any atom is 0.416 e. The normalized spacial score (nSPS) is 25.6. The van der Waals surface area contributed by atoms with Crippen molar-refractivity contribution in [1.29, 1.82) is 0 Å². The number of aliphatic hydroxyl groups is 1. The average molecular weight is 327 g/mol. The van der Waals surface area contributed by atoms with Gasteiger partial charge in [0.1, 0.15) is 5.78 Å². The molecule has 7 heteroatoms. The Hall–Kier alpha value is -1.89. The molecule has 1 saturated carbocycles. The molecular weight excluding hydrogens is 311 g/mol. The van der Waals surface area contributed by atoms with E-state index in [0.29, 0.717) is 5.56 Å². The second kappa shape index (κ2) is 5.63. The van der Waals surface area contributed by atoms with E-state index in [1.165, 1.54) is 17.0 Å². The molecule has 3 rings (SSSR count). The van der Waals surface area contributed by atoms with E-state index in [4.69, 9.17) is 0 Å². The van der Waals surface area contributed by atoms with Gasteiger partial charge in [-0.2, -0.15) is 13.2 Å². The zero-order chi connectivity index (χ0) is 16.8. The Morgan fingerprint density at radius 2 is 1.78 bits per heavy atom. The molecule has 1 aliphatic heterocycles. The van der Waals surface area contributed by atoms with Crippen LogP contribution < -0.4 is 0 Å². The van der Waals surface area contributed by atoms with Gasteiger partial charge in [0, 0.05) is 19.4 Å². The monoisotopic (exact) mass is 327 g/mol. The highest BCUT2D eigenvalue weighted by molar-refractivity contribution is 5.96. The highest BCUT2D eigenvalue weighted by Gasteiger charge is 2.42. The number of carbonyl (C=O) groups is 2. The number of benzene rings is 1. The number of likely N-dealkylation sites (tertiary alicyclic amines) is 1. The third-order valence-corrected chi connectivity index (χ3v) is 4.48. The molecule has 23 heavy (non-hydrogen) atoms. The van der Waals surface area contributed by atoms with Gasteiger partial charge < -0.3 is 10.0 Å². The number of nitrogens with zero attached hydrogens (tertiary/aromatic N) is 1. The van der Waals surface area contributed by atoms with E-state index in [9.17, 15) is 27.9 Å². The minimum atomic E-state index is -4.41. The molecule has 1 aliphatic carbocycles. The van der Waals surface area contributed by atoms with Gasteiger partial charge in [-0.05, 0) is 24.1 Å². The van der Waals surface area contributed by atoms with Crippen molar-refractivity contribution >= 4 is 11.7 Å². The standard InChI is InChI=1S/C16H16F3NO3/c17-16(18,19)11-3-1-9(2-4-11)14-7-13(22)8-20(14)15(23)10-5-12(21)6-10/h1-4,10,13-14,22H,5-8H2.